The predicted molar refractivity (Wildman–Crippen MR) is 75.2 cm³/mol. The van der Waals surface area contributed by atoms with Crippen LogP contribution in [0.15, 0.2) is 6.20 Å². The fraction of sp³-hybridized carbons (Fsp3) is 0.692. The molecule has 0 aromatic carbocycles. The Morgan fingerprint density at radius 1 is 1.50 bits per heavy atom. The molecule has 1 fully saturated rings. The van der Waals surface area contributed by atoms with Crippen LogP contribution in [-0.2, 0) is 5.88 Å². The van der Waals surface area contributed by atoms with E-state index in [0.717, 1.165) is 30.3 Å². The molecule has 0 aliphatic carbocycles. The van der Waals surface area contributed by atoms with Gasteiger partial charge in [-0.3, -0.25) is 0 Å². The van der Waals surface area contributed by atoms with Crippen molar-refractivity contribution in [1.82, 2.24) is 14.9 Å². The molecule has 0 bridgehead atoms. The number of aryl methyl sites for hydroxylation is 1. The quantitative estimate of drug-likeness (QED) is 0.783. The summed E-state index contributed by atoms with van der Waals surface area (Å²) >= 11 is 5.84. The molecule has 5 heteroatoms. The molecule has 0 N–H and O–H groups in total. The van der Waals surface area contributed by atoms with Crippen LogP contribution in [-0.4, -0.2) is 48.1 Å². The molecule has 0 saturated carbocycles. The van der Waals surface area contributed by atoms with Crippen LogP contribution >= 0.6 is 11.6 Å². The van der Waals surface area contributed by atoms with Gasteiger partial charge in [0.1, 0.15) is 0 Å². The van der Waals surface area contributed by atoms with E-state index in [4.69, 9.17) is 11.6 Å². The highest BCUT2D eigenvalue weighted by molar-refractivity contribution is 6.17. The summed E-state index contributed by atoms with van der Waals surface area (Å²) < 4.78 is 0. The molecule has 2 heterocycles. The molecule has 2 rings (SSSR count). The minimum absolute atomic E-state index is 0.479. The van der Waals surface area contributed by atoms with Crippen LogP contribution in [0.3, 0.4) is 0 Å². The van der Waals surface area contributed by atoms with Crippen LogP contribution in [0.25, 0.3) is 0 Å². The van der Waals surface area contributed by atoms with Gasteiger partial charge in [-0.15, -0.1) is 11.6 Å². The van der Waals surface area contributed by atoms with E-state index in [1.807, 2.05) is 13.1 Å². The van der Waals surface area contributed by atoms with Crippen molar-refractivity contribution >= 4 is 17.5 Å². The lowest BCUT2D eigenvalue weighted by atomic mass is 10.2. The molecule has 1 aromatic heterocycles. The highest BCUT2D eigenvalue weighted by Crippen LogP contribution is 2.23. The maximum atomic E-state index is 5.84. The van der Waals surface area contributed by atoms with E-state index in [9.17, 15) is 0 Å². The molecule has 1 atom stereocenters. The Bertz CT molecular complexity index is 408. The third-order valence-electron chi connectivity index (χ3n) is 3.42. The first-order valence-electron chi connectivity index (χ1n) is 6.41. The molecule has 1 saturated heterocycles. The van der Waals surface area contributed by atoms with Gasteiger partial charge in [-0.25, -0.2) is 9.97 Å². The summed E-state index contributed by atoms with van der Waals surface area (Å²) in [6.45, 7) is 4.11. The van der Waals surface area contributed by atoms with Crippen LogP contribution in [0, 0.1) is 6.92 Å². The Hall–Kier alpha value is -0.870. The number of hydrogen-bond acceptors (Lipinski definition) is 4. The number of anilines is 1. The normalized spacial score (nSPS) is 19.8. The van der Waals surface area contributed by atoms with Crippen LogP contribution < -0.4 is 4.90 Å². The van der Waals surface area contributed by atoms with Crippen molar-refractivity contribution in [3.63, 3.8) is 0 Å². The van der Waals surface area contributed by atoms with Crippen molar-refractivity contribution in [2.75, 3.05) is 32.1 Å². The first-order chi connectivity index (χ1) is 8.61. The lowest BCUT2D eigenvalue weighted by Gasteiger charge is -2.27. The van der Waals surface area contributed by atoms with Crippen molar-refractivity contribution in [3.8, 4) is 0 Å². The molecule has 1 aliphatic rings. The molecule has 0 spiro atoms. The summed E-state index contributed by atoms with van der Waals surface area (Å²) in [6, 6.07) is 0.529. The number of aromatic nitrogens is 2. The van der Waals surface area contributed by atoms with Crippen LogP contribution in [0.4, 0.5) is 5.95 Å². The summed E-state index contributed by atoms with van der Waals surface area (Å²) in [5, 5.41) is 0. The molecule has 0 amide bonds. The Morgan fingerprint density at radius 2 is 2.28 bits per heavy atom. The van der Waals surface area contributed by atoms with Gasteiger partial charge in [0.2, 0.25) is 5.95 Å². The summed E-state index contributed by atoms with van der Waals surface area (Å²) in [6.07, 6.45) is 4.30. The van der Waals surface area contributed by atoms with Gasteiger partial charge < -0.3 is 9.80 Å². The highest BCUT2D eigenvalue weighted by Gasteiger charge is 2.27. The Labute approximate surface area is 114 Å². The zero-order chi connectivity index (χ0) is 13.1. The molecule has 0 radical (unpaired) electrons. The van der Waals surface area contributed by atoms with Crippen molar-refractivity contribution in [3.05, 3.63) is 17.5 Å². The van der Waals surface area contributed by atoms with Gasteiger partial charge >= 0.3 is 0 Å². The number of hydrogen-bond donors (Lipinski definition) is 0. The second-order valence-corrected chi connectivity index (χ2v) is 5.43. The van der Waals surface area contributed by atoms with Gasteiger partial charge in [0.15, 0.2) is 0 Å². The van der Waals surface area contributed by atoms with Crippen LogP contribution in [0.5, 0.6) is 0 Å². The number of alkyl halides is 1. The first-order valence-corrected chi connectivity index (χ1v) is 6.95. The Balaban J connectivity index is 2.17. The minimum Gasteiger partial charge on any atom is -0.337 e. The van der Waals surface area contributed by atoms with E-state index in [-0.39, 0.29) is 0 Å². The second-order valence-electron chi connectivity index (χ2n) is 5.17. The third-order valence-corrected chi connectivity index (χ3v) is 3.71. The third kappa shape index (κ3) is 2.93. The average Bonchev–Trinajstić information content (AvgIpc) is 2.76. The Kier molecular flexibility index (Phi) is 4.40. The van der Waals surface area contributed by atoms with E-state index in [0.29, 0.717) is 11.9 Å². The lowest BCUT2D eigenvalue weighted by molar-refractivity contribution is 0.371. The molecular formula is C13H21ClN4. The molecule has 1 unspecified atom stereocenters. The maximum Gasteiger partial charge on any atom is 0.225 e. The zero-order valence-electron chi connectivity index (χ0n) is 11.4. The smallest absolute Gasteiger partial charge is 0.225 e. The van der Waals surface area contributed by atoms with Crippen LogP contribution in [0.2, 0.25) is 0 Å². The lowest BCUT2D eigenvalue weighted by Crippen LogP contribution is -2.38. The first kappa shape index (κ1) is 13.6. The van der Waals surface area contributed by atoms with Crippen molar-refractivity contribution in [2.45, 2.75) is 31.7 Å². The topological polar surface area (TPSA) is 32.3 Å². The van der Waals surface area contributed by atoms with E-state index in [1.54, 1.807) is 0 Å². The number of rotatable bonds is 4. The Morgan fingerprint density at radius 3 is 2.89 bits per heavy atom. The van der Waals surface area contributed by atoms with E-state index < -0.39 is 0 Å². The molecule has 100 valence electrons. The molecule has 1 aliphatic heterocycles. The van der Waals surface area contributed by atoms with Gasteiger partial charge in [0, 0.05) is 36.6 Å². The van der Waals surface area contributed by atoms with Gasteiger partial charge in [-0.2, -0.15) is 0 Å². The molecular weight excluding hydrogens is 248 g/mol. The van der Waals surface area contributed by atoms with Crippen molar-refractivity contribution in [2.24, 2.45) is 0 Å². The average molecular weight is 269 g/mol. The molecule has 4 nitrogen and oxygen atoms in total. The second kappa shape index (κ2) is 5.85. The number of nitrogens with zero attached hydrogens (tertiary/aromatic N) is 4. The summed E-state index contributed by atoms with van der Waals surface area (Å²) in [7, 11) is 4.22. The van der Waals surface area contributed by atoms with E-state index >= 15 is 0 Å². The standard InChI is InChI=1S/C13H21ClN4/c1-10-11(7-14)8-15-13(16-10)18-6-4-5-12(18)9-17(2)3/h8,12H,4-7,9H2,1-3H3. The van der Waals surface area contributed by atoms with E-state index in [2.05, 4.69) is 33.9 Å². The number of halogens is 1. The van der Waals surface area contributed by atoms with Gasteiger partial charge in [-0.05, 0) is 33.9 Å². The predicted octanol–water partition coefficient (Wildman–Crippen LogP) is 2.05. The summed E-state index contributed by atoms with van der Waals surface area (Å²) in [4.78, 5) is 13.6. The highest BCUT2D eigenvalue weighted by atomic mass is 35.5. The van der Waals surface area contributed by atoms with Gasteiger partial charge in [0.25, 0.3) is 0 Å². The van der Waals surface area contributed by atoms with Gasteiger partial charge in [-0.1, -0.05) is 0 Å². The van der Waals surface area contributed by atoms with E-state index in [1.165, 1.54) is 12.8 Å². The van der Waals surface area contributed by atoms with Crippen molar-refractivity contribution < 1.29 is 0 Å². The number of likely N-dealkylation sites (N-methyl/N-ethyl adjacent to an activating group) is 1. The molecule has 18 heavy (non-hydrogen) atoms. The fourth-order valence-electron chi connectivity index (χ4n) is 2.46. The molecule has 1 aromatic rings. The minimum atomic E-state index is 0.479. The SMILES string of the molecule is Cc1nc(N2CCCC2CN(C)C)ncc1CCl. The fourth-order valence-corrected chi connectivity index (χ4v) is 2.72. The maximum absolute atomic E-state index is 5.84. The summed E-state index contributed by atoms with van der Waals surface area (Å²) in [5.74, 6) is 1.33. The largest absolute Gasteiger partial charge is 0.337 e. The zero-order valence-corrected chi connectivity index (χ0v) is 12.1. The van der Waals surface area contributed by atoms with Crippen LogP contribution in [0.1, 0.15) is 24.1 Å². The van der Waals surface area contributed by atoms with Crippen molar-refractivity contribution in [1.29, 1.82) is 0 Å². The summed E-state index contributed by atoms with van der Waals surface area (Å²) in [5.41, 5.74) is 2.01. The van der Waals surface area contributed by atoms with Gasteiger partial charge in [0.05, 0.1) is 5.88 Å². The monoisotopic (exact) mass is 268 g/mol.